The number of carbonyl (C=O) groups excluding carboxylic acids is 1. The molecular weight excluding hydrogens is 400 g/mol. The van der Waals surface area contributed by atoms with Gasteiger partial charge < -0.3 is 19.3 Å². The van der Waals surface area contributed by atoms with Crippen molar-refractivity contribution >= 4 is 5.91 Å². The number of nitrogens with one attached hydrogen (secondary N) is 1. The molecule has 162 valence electrons. The van der Waals surface area contributed by atoms with Crippen molar-refractivity contribution in [3.05, 3.63) is 58.1 Å². The molecule has 9 heteroatoms. The number of rotatable bonds is 6. The molecule has 31 heavy (non-hydrogen) atoms. The van der Waals surface area contributed by atoms with Gasteiger partial charge in [-0.05, 0) is 25.0 Å². The number of carbonyl (C=O) groups is 1. The Morgan fingerprint density at radius 3 is 2.74 bits per heavy atom. The fourth-order valence-electron chi connectivity index (χ4n) is 3.32. The first-order valence-corrected chi connectivity index (χ1v) is 10.1. The van der Waals surface area contributed by atoms with Gasteiger partial charge in [-0.2, -0.15) is 5.10 Å². The molecule has 1 amide bonds. The molecule has 1 N–H and O–H groups in total. The maximum Gasteiger partial charge on any atom is 0.267 e. The Morgan fingerprint density at radius 2 is 2.03 bits per heavy atom. The lowest BCUT2D eigenvalue weighted by Crippen LogP contribution is -2.42. The summed E-state index contributed by atoms with van der Waals surface area (Å²) in [6.45, 7) is 6.12. The zero-order chi connectivity index (χ0) is 22.0. The fourth-order valence-corrected chi connectivity index (χ4v) is 3.32. The maximum atomic E-state index is 12.6. The minimum Gasteiger partial charge on any atom is -0.486 e. The Labute approximate surface area is 179 Å². The van der Waals surface area contributed by atoms with Gasteiger partial charge in [0.1, 0.15) is 19.3 Å². The van der Waals surface area contributed by atoms with Gasteiger partial charge >= 0.3 is 0 Å². The van der Waals surface area contributed by atoms with Gasteiger partial charge in [-0.15, -0.1) is 0 Å². The van der Waals surface area contributed by atoms with E-state index in [2.05, 4.69) is 15.6 Å². The summed E-state index contributed by atoms with van der Waals surface area (Å²) in [5.41, 5.74) is 1.56. The van der Waals surface area contributed by atoms with Gasteiger partial charge in [0.15, 0.2) is 17.3 Å². The van der Waals surface area contributed by atoms with Crippen LogP contribution in [0.3, 0.4) is 0 Å². The average molecular weight is 424 g/mol. The number of hydrogen-bond acceptors (Lipinski definition) is 7. The molecule has 0 radical (unpaired) electrons. The first kappa shape index (κ1) is 20.6. The van der Waals surface area contributed by atoms with E-state index in [4.69, 9.17) is 14.0 Å². The second kappa shape index (κ2) is 8.63. The number of amides is 1. The van der Waals surface area contributed by atoms with Crippen LogP contribution in [0.25, 0.3) is 11.3 Å². The van der Waals surface area contributed by atoms with Crippen molar-refractivity contribution < 1.29 is 18.8 Å². The fraction of sp³-hybridized carbons (Fsp3) is 0.364. The van der Waals surface area contributed by atoms with E-state index in [1.54, 1.807) is 13.0 Å². The van der Waals surface area contributed by atoms with Crippen molar-refractivity contribution in [2.24, 2.45) is 0 Å². The normalized spacial score (nSPS) is 15.2. The van der Waals surface area contributed by atoms with Gasteiger partial charge in [0.05, 0.1) is 17.9 Å². The highest BCUT2D eigenvalue weighted by atomic mass is 16.6. The van der Waals surface area contributed by atoms with Crippen LogP contribution in [0.2, 0.25) is 0 Å². The summed E-state index contributed by atoms with van der Waals surface area (Å²) in [5, 5.41) is 11.1. The topological polar surface area (TPSA) is 108 Å². The molecule has 0 saturated carbocycles. The van der Waals surface area contributed by atoms with Crippen LogP contribution < -0.4 is 20.3 Å². The summed E-state index contributed by atoms with van der Waals surface area (Å²) < 4.78 is 17.9. The third-order valence-corrected chi connectivity index (χ3v) is 4.85. The molecule has 0 aliphatic carbocycles. The molecule has 0 fully saturated rings. The van der Waals surface area contributed by atoms with Crippen LogP contribution in [-0.2, 0) is 11.3 Å². The molecule has 3 aromatic rings. The van der Waals surface area contributed by atoms with Crippen molar-refractivity contribution in [3.8, 4) is 22.8 Å². The Morgan fingerprint density at radius 1 is 1.26 bits per heavy atom. The van der Waals surface area contributed by atoms with Gasteiger partial charge in [-0.1, -0.05) is 31.1 Å². The van der Waals surface area contributed by atoms with Crippen molar-refractivity contribution in [2.45, 2.75) is 39.3 Å². The van der Waals surface area contributed by atoms with Gasteiger partial charge in [0.2, 0.25) is 5.91 Å². The average Bonchev–Trinajstić information content (AvgIpc) is 3.19. The van der Waals surface area contributed by atoms with Crippen LogP contribution in [0.15, 0.2) is 45.7 Å². The molecular formula is C22H24N4O5. The monoisotopic (exact) mass is 424 g/mol. The molecule has 0 saturated heterocycles. The third kappa shape index (κ3) is 4.60. The minimum atomic E-state index is -0.394. The Balaban J connectivity index is 1.43. The van der Waals surface area contributed by atoms with Crippen LogP contribution in [0.1, 0.15) is 31.2 Å². The third-order valence-electron chi connectivity index (χ3n) is 4.85. The zero-order valence-electron chi connectivity index (χ0n) is 17.6. The van der Waals surface area contributed by atoms with Gasteiger partial charge in [0, 0.05) is 17.7 Å². The Bertz CT molecular complexity index is 1150. The summed E-state index contributed by atoms with van der Waals surface area (Å²) in [6, 6.07) is 10.6. The standard InChI is InChI=1S/C22H24N4O5/c1-13(2)22-16(19-8-14(3)25-31-19)9-21(28)26(24-22)11-20(27)23-10-15-12-29-17-6-4-5-7-18(17)30-15/h4-9,13,15H,10-12H2,1-3H3,(H,23,27). The van der Waals surface area contributed by atoms with E-state index in [9.17, 15) is 9.59 Å². The first-order chi connectivity index (χ1) is 14.9. The molecule has 1 atom stereocenters. The van der Waals surface area contributed by atoms with Gasteiger partial charge in [0.25, 0.3) is 5.56 Å². The van der Waals surface area contributed by atoms with Gasteiger partial charge in [-0.3, -0.25) is 9.59 Å². The summed E-state index contributed by atoms with van der Waals surface area (Å²) in [6.07, 6.45) is -0.313. The first-order valence-electron chi connectivity index (χ1n) is 10.1. The molecule has 1 aliphatic heterocycles. The van der Waals surface area contributed by atoms with Crippen LogP contribution >= 0.6 is 0 Å². The smallest absolute Gasteiger partial charge is 0.267 e. The van der Waals surface area contributed by atoms with Crippen molar-refractivity contribution in [3.63, 3.8) is 0 Å². The number of aryl methyl sites for hydroxylation is 1. The second-order valence-electron chi connectivity index (χ2n) is 7.73. The molecule has 2 aromatic heterocycles. The van der Waals surface area contributed by atoms with E-state index in [0.29, 0.717) is 40.8 Å². The molecule has 1 unspecified atom stereocenters. The molecule has 4 rings (SSSR count). The summed E-state index contributed by atoms with van der Waals surface area (Å²) in [7, 11) is 0. The summed E-state index contributed by atoms with van der Waals surface area (Å²) in [5.74, 6) is 1.49. The number of nitrogens with zero attached hydrogens (tertiary/aromatic N) is 3. The van der Waals surface area contributed by atoms with Crippen molar-refractivity contribution in [1.82, 2.24) is 20.3 Å². The number of fused-ring (bicyclic) bond motifs is 1. The summed E-state index contributed by atoms with van der Waals surface area (Å²) in [4.78, 5) is 25.0. The molecule has 3 heterocycles. The number of ether oxygens (including phenoxy) is 2. The maximum absolute atomic E-state index is 12.6. The van der Waals surface area contributed by atoms with E-state index in [-0.39, 0.29) is 31.0 Å². The molecule has 1 aromatic carbocycles. The molecule has 0 bridgehead atoms. The number of aromatic nitrogens is 3. The van der Waals surface area contributed by atoms with E-state index in [1.807, 2.05) is 38.1 Å². The predicted octanol–water partition coefficient (Wildman–Crippen LogP) is 2.29. The molecule has 1 aliphatic rings. The number of para-hydroxylation sites is 2. The molecule has 0 spiro atoms. The summed E-state index contributed by atoms with van der Waals surface area (Å²) >= 11 is 0. The second-order valence-corrected chi connectivity index (χ2v) is 7.73. The number of benzene rings is 1. The predicted molar refractivity (Wildman–Crippen MR) is 112 cm³/mol. The highest BCUT2D eigenvalue weighted by Gasteiger charge is 2.22. The lowest BCUT2D eigenvalue weighted by atomic mass is 10.0. The minimum absolute atomic E-state index is 0.0168. The SMILES string of the molecule is Cc1cc(-c2cc(=O)n(CC(=O)NCC3COc4ccccc4O3)nc2C(C)C)on1. The highest BCUT2D eigenvalue weighted by Crippen LogP contribution is 2.30. The van der Waals surface area contributed by atoms with E-state index in [0.717, 1.165) is 4.68 Å². The Kier molecular flexibility index (Phi) is 5.75. The molecule has 9 nitrogen and oxygen atoms in total. The van der Waals surface area contributed by atoms with Crippen molar-refractivity contribution in [1.29, 1.82) is 0 Å². The van der Waals surface area contributed by atoms with E-state index < -0.39 is 5.56 Å². The quantitative estimate of drug-likeness (QED) is 0.647. The number of hydrogen-bond donors (Lipinski definition) is 1. The largest absolute Gasteiger partial charge is 0.486 e. The van der Waals surface area contributed by atoms with E-state index in [1.165, 1.54) is 6.07 Å². The lowest BCUT2D eigenvalue weighted by molar-refractivity contribution is -0.122. The highest BCUT2D eigenvalue weighted by molar-refractivity contribution is 5.75. The van der Waals surface area contributed by atoms with Crippen LogP contribution in [0.5, 0.6) is 11.5 Å². The Hall–Kier alpha value is -3.62. The lowest BCUT2D eigenvalue weighted by Gasteiger charge is -2.26. The van der Waals surface area contributed by atoms with Crippen molar-refractivity contribution in [2.75, 3.05) is 13.2 Å². The van der Waals surface area contributed by atoms with Crippen LogP contribution in [-0.4, -0.2) is 40.1 Å². The zero-order valence-corrected chi connectivity index (χ0v) is 17.6. The van der Waals surface area contributed by atoms with E-state index >= 15 is 0 Å². The van der Waals surface area contributed by atoms with Crippen LogP contribution in [0.4, 0.5) is 0 Å². The van der Waals surface area contributed by atoms with Crippen LogP contribution in [0, 0.1) is 6.92 Å². The van der Waals surface area contributed by atoms with Gasteiger partial charge in [-0.25, -0.2) is 4.68 Å².